The highest BCUT2D eigenvalue weighted by Gasteiger charge is 2.34. The van der Waals surface area contributed by atoms with E-state index in [4.69, 9.17) is 9.26 Å². The maximum atomic E-state index is 10.8. The first-order valence-corrected chi connectivity index (χ1v) is 8.09. The lowest BCUT2D eigenvalue weighted by Crippen LogP contribution is -2.51. The van der Waals surface area contributed by atoms with E-state index in [9.17, 15) is 5.11 Å². The monoisotopic (exact) mass is 316 g/mol. The van der Waals surface area contributed by atoms with Crippen LogP contribution >= 0.6 is 0 Å². The summed E-state index contributed by atoms with van der Waals surface area (Å²) in [4.78, 5) is 2.21. The summed E-state index contributed by atoms with van der Waals surface area (Å²) in [6.07, 6.45) is 1.71. The van der Waals surface area contributed by atoms with E-state index in [2.05, 4.69) is 10.1 Å². The molecule has 0 aliphatic carbocycles. The standard InChI is InChI=1S/C18H24N2O3/c1-14-5-3-6-17(9-14)22-13-18(21)7-4-8-20(12-18)11-16-10-15(2)23-19-16/h3,5-6,9-10,21H,4,7-8,11-13H2,1-2H3/t18-/m0/s1. The molecular weight excluding hydrogens is 292 g/mol. The van der Waals surface area contributed by atoms with Gasteiger partial charge in [0.1, 0.15) is 23.7 Å². The van der Waals surface area contributed by atoms with Crippen LogP contribution in [0.15, 0.2) is 34.9 Å². The highest BCUT2D eigenvalue weighted by molar-refractivity contribution is 5.27. The molecule has 1 fully saturated rings. The van der Waals surface area contributed by atoms with Crippen molar-refractivity contribution in [2.24, 2.45) is 0 Å². The molecular formula is C18H24N2O3. The van der Waals surface area contributed by atoms with Gasteiger partial charge in [-0.25, -0.2) is 0 Å². The second-order valence-corrected chi connectivity index (χ2v) is 6.57. The number of rotatable bonds is 5. The van der Waals surface area contributed by atoms with E-state index in [1.54, 1.807) is 0 Å². The second kappa shape index (κ2) is 6.72. The number of ether oxygens (including phenoxy) is 1. The Balaban J connectivity index is 1.57. The number of β-amino-alcohol motifs (C(OH)–C–C–N with tert-alkyl or cyclic N) is 1. The zero-order valence-electron chi connectivity index (χ0n) is 13.8. The molecule has 1 aliphatic rings. The van der Waals surface area contributed by atoms with Gasteiger partial charge in [-0.15, -0.1) is 0 Å². The van der Waals surface area contributed by atoms with E-state index < -0.39 is 5.60 Å². The van der Waals surface area contributed by atoms with E-state index in [0.29, 0.717) is 19.7 Å². The minimum Gasteiger partial charge on any atom is -0.491 e. The molecule has 1 saturated heterocycles. The summed E-state index contributed by atoms with van der Waals surface area (Å²) in [6, 6.07) is 9.85. The molecule has 124 valence electrons. The molecule has 5 heteroatoms. The number of hydrogen-bond acceptors (Lipinski definition) is 5. The van der Waals surface area contributed by atoms with Crippen molar-refractivity contribution in [3.05, 3.63) is 47.3 Å². The SMILES string of the molecule is Cc1cccc(OC[C@]2(O)CCCN(Cc3cc(C)on3)C2)c1. The Labute approximate surface area is 136 Å². The lowest BCUT2D eigenvalue weighted by molar-refractivity contribution is -0.0624. The molecule has 23 heavy (non-hydrogen) atoms. The van der Waals surface area contributed by atoms with Crippen LogP contribution in [0.2, 0.25) is 0 Å². The van der Waals surface area contributed by atoms with Crippen LogP contribution in [0.25, 0.3) is 0 Å². The summed E-state index contributed by atoms with van der Waals surface area (Å²) in [5, 5.41) is 14.9. The van der Waals surface area contributed by atoms with Gasteiger partial charge in [-0.05, 0) is 50.9 Å². The Morgan fingerprint density at radius 3 is 2.96 bits per heavy atom. The molecule has 2 aromatic rings. The Bertz CT molecular complexity index is 655. The van der Waals surface area contributed by atoms with Gasteiger partial charge in [0.2, 0.25) is 0 Å². The second-order valence-electron chi connectivity index (χ2n) is 6.57. The first-order chi connectivity index (χ1) is 11.0. The lowest BCUT2D eigenvalue weighted by Gasteiger charge is -2.38. The van der Waals surface area contributed by atoms with Crippen molar-refractivity contribution < 1.29 is 14.4 Å². The number of benzene rings is 1. The fourth-order valence-electron chi connectivity index (χ4n) is 3.10. The van der Waals surface area contributed by atoms with E-state index in [1.165, 1.54) is 0 Å². The summed E-state index contributed by atoms with van der Waals surface area (Å²) in [5.74, 6) is 1.62. The van der Waals surface area contributed by atoms with Crippen molar-refractivity contribution in [1.82, 2.24) is 10.1 Å². The first-order valence-electron chi connectivity index (χ1n) is 8.09. The van der Waals surface area contributed by atoms with Crippen LogP contribution in [0.4, 0.5) is 0 Å². The van der Waals surface area contributed by atoms with Gasteiger partial charge in [0.05, 0.1) is 5.69 Å². The molecule has 5 nitrogen and oxygen atoms in total. The quantitative estimate of drug-likeness (QED) is 0.919. The van der Waals surface area contributed by atoms with E-state index >= 15 is 0 Å². The first kappa shape index (κ1) is 16.0. The van der Waals surface area contributed by atoms with Crippen LogP contribution in [-0.2, 0) is 6.54 Å². The maximum absolute atomic E-state index is 10.8. The van der Waals surface area contributed by atoms with Gasteiger partial charge >= 0.3 is 0 Å². The average Bonchev–Trinajstić information content (AvgIpc) is 2.91. The van der Waals surface area contributed by atoms with Crippen LogP contribution in [0, 0.1) is 13.8 Å². The normalized spacial score (nSPS) is 22.2. The van der Waals surface area contributed by atoms with Crippen LogP contribution < -0.4 is 4.74 Å². The minimum atomic E-state index is -0.819. The predicted molar refractivity (Wildman–Crippen MR) is 87.4 cm³/mol. The Morgan fingerprint density at radius 1 is 1.35 bits per heavy atom. The third kappa shape index (κ3) is 4.33. The molecule has 1 aromatic heterocycles. The fourth-order valence-corrected chi connectivity index (χ4v) is 3.10. The zero-order valence-corrected chi connectivity index (χ0v) is 13.8. The van der Waals surface area contributed by atoms with Crippen molar-refractivity contribution in [3.8, 4) is 5.75 Å². The molecule has 0 amide bonds. The summed E-state index contributed by atoms with van der Waals surface area (Å²) >= 11 is 0. The number of hydrogen-bond donors (Lipinski definition) is 1. The summed E-state index contributed by atoms with van der Waals surface area (Å²) < 4.78 is 10.9. The van der Waals surface area contributed by atoms with Crippen molar-refractivity contribution in [3.63, 3.8) is 0 Å². The van der Waals surface area contributed by atoms with E-state index in [0.717, 1.165) is 42.2 Å². The van der Waals surface area contributed by atoms with E-state index in [1.807, 2.05) is 44.2 Å². The number of piperidine rings is 1. The number of nitrogens with zero attached hydrogens (tertiary/aromatic N) is 2. The molecule has 3 rings (SSSR count). The fraction of sp³-hybridized carbons (Fsp3) is 0.500. The largest absolute Gasteiger partial charge is 0.491 e. The van der Waals surface area contributed by atoms with Crippen molar-refractivity contribution in [1.29, 1.82) is 0 Å². The summed E-state index contributed by atoms with van der Waals surface area (Å²) in [5.41, 5.74) is 1.24. The van der Waals surface area contributed by atoms with Crippen LogP contribution in [-0.4, -0.2) is 40.5 Å². The van der Waals surface area contributed by atoms with Crippen molar-refractivity contribution >= 4 is 0 Å². The van der Waals surface area contributed by atoms with Gasteiger partial charge in [0.25, 0.3) is 0 Å². The molecule has 1 aromatic carbocycles. The summed E-state index contributed by atoms with van der Waals surface area (Å²) in [7, 11) is 0. The molecule has 0 radical (unpaired) electrons. The highest BCUT2D eigenvalue weighted by atomic mass is 16.5. The number of aryl methyl sites for hydroxylation is 2. The van der Waals surface area contributed by atoms with Crippen molar-refractivity contribution in [2.45, 2.75) is 38.8 Å². The van der Waals surface area contributed by atoms with E-state index in [-0.39, 0.29) is 0 Å². The number of aliphatic hydroxyl groups is 1. The van der Waals surface area contributed by atoms with Gasteiger partial charge in [0.15, 0.2) is 0 Å². The van der Waals surface area contributed by atoms with Crippen LogP contribution in [0.1, 0.15) is 29.9 Å². The van der Waals surface area contributed by atoms with Gasteiger partial charge in [0, 0.05) is 19.2 Å². The molecule has 1 aliphatic heterocycles. The smallest absolute Gasteiger partial charge is 0.133 e. The molecule has 0 bridgehead atoms. The Hall–Kier alpha value is -1.85. The van der Waals surface area contributed by atoms with Crippen LogP contribution in [0.5, 0.6) is 5.75 Å². The highest BCUT2D eigenvalue weighted by Crippen LogP contribution is 2.24. The zero-order chi connectivity index (χ0) is 16.3. The predicted octanol–water partition coefficient (Wildman–Crippen LogP) is 2.70. The maximum Gasteiger partial charge on any atom is 0.133 e. The molecule has 1 N–H and O–H groups in total. The average molecular weight is 316 g/mol. The third-order valence-electron chi connectivity index (χ3n) is 4.19. The van der Waals surface area contributed by atoms with Crippen molar-refractivity contribution in [2.75, 3.05) is 19.7 Å². The van der Waals surface area contributed by atoms with Gasteiger partial charge in [-0.3, -0.25) is 4.90 Å². The van der Waals surface area contributed by atoms with Gasteiger partial charge in [-0.1, -0.05) is 17.3 Å². The molecule has 1 atom stereocenters. The molecule has 0 spiro atoms. The molecule has 0 unspecified atom stereocenters. The minimum absolute atomic E-state index is 0.310. The van der Waals surface area contributed by atoms with Gasteiger partial charge in [-0.2, -0.15) is 0 Å². The third-order valence-corrected chi connectivity index (χ3v) is 4.19. The Kier molecular flexibility index (Phi) is 4.68. The number of aromatic nitrogens is 1. The lowest BCUT2D eigenvalue weighted by atomic mass is 9.93. The Morgan fingerprint density at radius 2 is 2.22 bits per heavy atom. The molecule has 2 heterocycles. The topological polar surface area (TPSA) is 58.7 Å². The van der Waals surface area contributed by atoms with Crippen LogP contribution in [0.3, 0.4) is 0 Å². The summed E-state index contributed by atoms with van der Waals surface area (Å²) in [6.45, 7) is 6.47. The van der Waals surface area contributed by atoms with Gasteiger partial charge < -0.3 is 14.4 Å². The number of likely N-dealkylation sites (tertiary alicyclic amines) is 1. The molecule has 0 saturated carbocycles.